The van der Waals surface area contributed by atoms with Gasteiger partial charge in [-0.3, -0.25) is 14.6 Å². The first-order valence-corrected chi connectivity index (χ1v) is 10.6. The number of pyridine rings is 1. The fraction of sp³-hybridized carbons (Fsp3) is 0.320. The number of ether oxygens (including phenoxy) is 1. The second-order valence-corrected chi connectivity index (χ2v) is 7.81. The summed E-state index contributed by atoms with van der Waals surface area (Å²) in [6.07, 6.45) is 4.00. The van der Waals surface area contributed by atoms with Crippen molar-refractivity contribution in [3.8, 4) is 5.75 Å². The molecule has 0 aliphatic carbocycles. The van der Waals surface area contributed by atoms with Crippen LogP contribution in [0.15, 0.2) is 67.0 Å². The summed E-state index contributed by atoms with van der Waals surface area (Å²) < 4.78 is 7.02. The predicted octanol–water partition coefficient (Wildman–Crippen LogP) is 3.49. The summed E-state index contributed by atoms with van der Waals surface area (Å²) in [4.78, 5) is 31.7. The predicted molar refractivity (Wildman–Crippen MR) is 124 cm³/mol. The summed E-state index contributed by atoms with van der Waals surface area (Å²) in [5.74, 6) is 0.319. The highest BCUT2D eigenvalue weighted by atomic mass is 16.5. The van der Waals surface area contributed by atoms with Gasteiger partial charge in [-0.05, 0) is 30.2 Å². The first kappa shape index (κ1) is 23.1. The molecule has 2 unspecified atom stereocenters. The molecule has 0 fully saturated rings. The van der Waals surface area contributed by atoms with Gasteiger partial charge in [0.2, 0.25) is 0 Å². The van der Waals surface area contributed by atoms with Gasteiger partial charge in [0.25, 0.3) is 11.8 Å². The molecule has 1 N–H and O–H groups in total. The molecule has 32 heavy (non-hydrogen) atoms. The van der Waals surface area contributed by atoms with Crippen molar-refractivity contribution in [3.63, 3.8) is 0 Å². The number of nitrogens with one attached hydrogen (secondary N) is 1. The third-order valence-electron chi connectivity index (χ3n) is 5.81. The van der Waals surface area contributed by atoms with Crippen LogP contribution in [0.2, 0.25) is 0 Å². The van der Waals surface area contributed by atoms with Crippen molar-refractivity contribution < 1.29 is 14.3 Å². The molecule has 2 amide bonds. The average molecular weight is 435 g/mol. The van der Waals surface area contributed by atoms with Crippen LogP contribution in [0.5, 0.6) is 5.75 Å². The lowest BCUT2D eigenvalue weighted by molar-refractivity contribution is 0.0695. The van der Waals surface area contributed by atoms with Crippen molar-refractivity contribution in [2.75, 3.05) is 20.7 Å². The van der Waals surface area contributed by atoms with Crippen molar-refractivity contribution in [2.24, 2.45) is 7.05 Å². The van der Waals surface area contributed by atoms with E-state index in [0.29, 0.717) is 30.1 Å². The molecule has 3 aromatic rings. The molecule has 0 radical (unpaired) electrons. The van der Waals surface area contributed by atoms with Gasteiger partial charge in [0.15, 0.2) is 0 Å². The van der Waals surface area contributed by atoms with Gasteiger partial charge in [0.1, 0.15) is 17.1 Å². The van der Waals surface area contributed by atoms with Crippen LogP contribution in [0.3, 0.4) is 0 Å². The number of amides is 2. The first-order chi connectivity index (χ1) is 15.4. The van der Waals surface area contributed by atoms with Crippen LogP contribution >= 0.6 is 0 Å². The molecule has 3 rings (SSSR count). The van der Waals surface area contributed by atoms with E-state index in [-0.39, 0.29) is 23.8 Å². The number of carbonyl (C=O) groups excluding carboxylic acids is 2. The molecule has 2 atom stereocenters. The van der Waals surface area contributed by atoms with Crippen LogP contribution in [0.1, 0.15) is 45.8 Å². The molecule has 0 bridgehead atoms. The van der Waals surface area contributed by atoms with Gasteiger partial charge in [-0.15, -0.1) is 0 Å². The molecule has 168 valence electrons. The molecule has 1 aromatic carbocycles. The first-order valence-electron chi connectivity index (χ1n) is 10.6. The van der Waals surface area contributed by atoms with Crippen LogP contribution in [0.4, 0.5) is 0 Å². The van der Waals surface area contributed by atoms with Crippen LogP contribution in [-0.2, 0) is 7.05 Å². The number of likely N-dealkylation sites (N-methyl/N-ethyl adjacent to an activating group) is 1. The number of hydrogen-bond donors (Lipinski definition) is 1. The Morgan fingerprint density at radius 1 is 1.16 bits per heavy atom. The quantitative estimate of drug-likeness (QED) is 0.559. The Labute approximate surface area is 189 Å². The maximum Gasteiger partial charge on any atom is 0.272 e. The van der Waals surface area contributed by atoms with E-state index >= 15 is 0 Å². The van der Waals surface area contributed by atoms with Gasteiger partial charge in [-0.1, -0.05) is 37.3 Å². The summed E-state index contributed by atoms with van der Waals surface area (Å²) in [5.41, 5.74) is 2.05. The highest BCUT2D eigenvalue weighted by Crippen LogP contribution is 2.26. The van der Waals surface area contributed by atoms with E-state index in [1.54, 1.807) is 48.0 Å². The normalized spacial score (nSPS) is 12.6. The maximum atomic E-state index is 13.2. The Bertz CT molecular complexity index is 1050. The van der Waals surface area contributed by atoms with Crippen molar-refractivity contribution >= 4 is 11.8 Å². The number of carbonyl (C=O) groups is 2. The van der Waals surface area contributed by atoms with Gasteiger partial charge in [0.05, 0.1) is 7.11 Å². The zero-order chi connectivity index (χ0) is 23.1. The number of nitrogens with zero attached hydrogens (tertiary/aromatic N) is 3. The van der Waals surface area contributed by atoms with Crippen LogP contribution in [0, 0.1) is 0 Å². The number of benzene rings is 1. The Morgan fingerprint density at radius 3 is 2.56 bits per heavy atom. The van der Waals surface area contributed by atoms with Crippen molar-refractivity contribution in [2.45, 2.75) is 25.3 Å². The molecule has 2 aromatic heterocycles. The largest absolute Gasteiger partial charge is 0.497 e. The monoisotopic (exact) mass is 434 g/mol. The van der Waals surface area contributed by atoms with Gasteiger partial charge in [-0.2, -0.15) is 0 Å². The highest BCUT2D eigenvalue weighted by Gasteiger charge is 2.28. The molecule has 2 heterocycles. The summed E-state index contributed by atoms with van der Waals surface area (Å²) in [7, 11) is 5.18. The SMILES string of the molecule is COc1ccnc(C(=O)N(C)C(CCNC(=O)c2cccn2C)C(C)c2ccccc2)c1. The minimum absolute atomic E-state index is 0.0581. The van der Waals surface area contributed by atoms with Gasteiger partial charge < -0.3 is 19.5 Å². The fourth-order valence-electron chi connectivity index (χ4n) is 3.87. The number of aryl methyl sites for hydroxylation is 1. The zero-order valence-electron chi connectivity index (χ0n) is 19.0. The van der Waals surface area contributed by atoms with Crippen molar-refractivity contribution in [3.05, 3.63) is 83.9 Å². The number of hydrogen-bond acceptors (Lipinski definition) is 4. The van der Waals surface area contributed by atoms with E-state index in [1.165, 1.54) is 0 Å². The Balaban J connectivity index is 1.77. The van der Waals surface area contributed by atoms with E-state index < -0.39 is 0 Å². The smallest absolute Gasteiger partial charge is 0.272 e. The Morgan fingerprint density at radius 2 is 1.91 bits per heavy atom. The van der Waals surface area contributed by atoms with Crippen molar-refractivity contribution in [1.29, 1.82) is 0 Å². The van der Waals surface area contributed by atoms with Crippen LogP contribution in [-0.4, -0.2) is 53.0 Å². The Kier molecular flexibility index (Phi) is 7.65. The van der Waals surface area contributed by atoms with Crippen LogP contribution < -0.4 is 10.1 Å². The lowest BCUT2D eigenvalue weighted by atomic mass is 9.90. The van der Waals surface area contributed by atoms with Gasteiger partial charge in [-0.25, -0.2) is 0 Å². The molecule has 0 aliphatic heterocycles. The third-order valence-corrected chi connectivity index (χ3v) is 5.81. The second kappa shape index (κ2) is 10.6. The molecule has 0 aliphatic rings. The summed E-state index contributed by atoms with van der Waals surface area (Å²) in [6, 6.07) is 16.9. The van der Waals surface area contributed by atoms with E-state index in [4.69, 9.17) is 4.74 Å². The second-order valence-electron chi connectivity index (χ2n) is 7.81. The lowest BCUT2D eigenvalue weighted by Gasteiger charge is -2.33. The van der Waals surface area contributed by atoms with E-state index in [1.807, 2.05) is 37.5 Å². The third kappa shape index (κ3) is 5.35. The number of rotatable bonds is 9. The summed E-state index contributed by atoms with van der Waals surface area (Å²) in [5, 5.41) is 2.98. The highest BCUT2D eigenvalue weighted by molar-refractivity contribution is 5.93. The average Bonchev–Trinajstić information content (AvgIpc) is 3.27. The molecule has 7 nitrogen and oxygen atoms in total. The standard InChI is InChI=1S/C25H30N4O3/c1-18(19-9-6-5-7-10-19)22(13-15-27-24(30)23-11-8-16-28(23)2)29(3)25(31)21-17-20(32-4)12-14-26-21/h5-12,14,16-18,22H,13,15H2,1-4H3,(H,27,30). The maximum absolute atomic E-state index is 13.2. The molecule has 0 saturated heterocycles. The zero-order valence-corrected chi connectivity index (χ0v) is 19.0. The fourth-order valence-corrected chi connectivity index (χ4v) is 3.87. The molecule has 7 heteroatoms. The van der Waals surface area contributed by atoms with Crippen LogP contribution in [0.25, 0.3) is 0 Å². The summed E-state index contributed by atoms with van der Waals surface area (Å²) in [6.45, 7) is 2.54. The number of methoxy groups -OCH3 is 1. The Hall–Kier alpha value is -3.61. The van der Waals surface area contributed by atoms with Crippen molar-refractivity contribution in [1.82, 2.24) is 19.8 Å². The van der Waals surface area contributed by atoms with E-state index in [2.05, 4.69) is 29.4 Å². The number of aromatic nitrogens is 2. The minimum Gasteiger partial charge on any atom is -0.497 e. The minimum atomic E-state index is -0.189. The van der Waals surface area contributed by atoms with E-state index in [9.17, 15) is 9.59 Å². The topological polar surface area (TPSA) is 76.5 Å². The molecule has 0 saturated carbocycles. The molecular formula is C25H30N4O3. The van der Waals surface area contributed by atoms with Gasteiger partial charge in [0, 0.05) is 51.1 Å². The lowest BCUT2D eigenvalue weighted by Crippen LogP contribution is -2.43. The van der Waals surface area contributed by atoms with Gasteiger partial charge >= 0.3 is 0 Å². The molecule has 0 spiro atoms. The van der Waals surface area contributed by atoms with E-state index in [0.717, 1.165) is 5.56 Å². The molecular weight excluding hydrogens is 404 g/mol. The summed E-state index contributed by atoms with van der Waals surface area (Å²) >= 11 is 0.